The molecule has 1 unspecified atom stereocenters. The summed E-state index contributed by atoms with van der Waals surface area (Å²) in [5.41, 5.74) is 0. The minimum atomic E-state index is -1.60. The third-order valence-electron chi connectivity index (χ3n) is 1.13. The Morgan fingerprint density at radius 1 is 1.73 bits per heavy atom. The summed E-state index contributed by atoms with van der Waals surface area (Å²) in [6, 6.07) is 1.52. The number of carboxylic acids is 1. The van der Waals surface area contributed by atoms with Gasteiger partial charge < -0.3 is 14.6 Å². The van der Waals surface area contributed by atoms with Crippen LogP contribution in [0, 0.1) is 0 Å². The summed E-state index contributed by atoms with van der Waals surface area (Å²) in [7, 11) is 0. The molecule has 0 spiro atoms. The van der Waals surface area contributed by atoms with Gasteiger partial charge in [0.1, 0.15) is 0 Å². The Kier molecular flexibility index (Phi) is 2.31. The van der Waals surface area contributed by atoms with Crippen LogP contribution in [-0.4, -0.2) is 16.2 Å². The van der Waals surface area contributed by atoms with Crippen molar-refractivity contribution in [2.45, 2.75) is 6.10 Å². The Hall–Kier alpha value is -0.810. The topological polar surface area (TPSA) is 70.7 Å². The lowest BCUT2D eigenvalue weighted by atomic mass is 10.3. The van der Waals surface area contributed by atoms with E-state index in [0.29, 0.717) is 4.47 Å². The molecule has 1 rings (SSSR count). The fourth-order valence-electron chi connectivity index (χ4n) is 0.613. The smallest absolute Gasteiger partial charge is 0.340 e. The average molecular weight is 221 g/mol. The van der Waals surface area contributed by atoms with Gasteiger partial charge in [0.05, 0.1) is 10.7 Å². The van der Waals surface area contributed by atoms with E-state index in [4.69, 9.17) is 14.6 Å². The number of aliphatic carboxylic acids is 1. The minimum absolute atomic E-state index is 0.0116. The quantitative estimate of drug-likeness (QED) is 0.785. The Bertz CT molecular complexity index is 267. The van der Waals surface area contributed by atoms with Crippen molar-refractivity contribution in [3.05, 3.63) is 22.6 Å². The summed E-state index contributed by atoms with van der Waals surface area (Å²) in [5, 5.41) is 17.3. The molecule has 4 nitrogen and oxygen atoms in total. The molecule has 0 amide bonds. The van der Waals surface area contributed by atoms with Crippen molar-refractivity contribution in [1.29, 1.82) is 0 Å². The first-order valence-corrected chi connectivity index (χ1v) is 3.56. The van der Waals surface area contributed by atoms with Crippen LogP contribution in [0.25, 0.3) is 0 Å². The first-order valence-electron chi connectivity index (χ1n) is 2.76. The second-order valence-corrected chi connectivity index (χ2v) is 2.73. The van der Waals surface area contributed by atoms with Gasteiger partial charge in [0, 0.05) is 0 Å². The monoisotopic (exact) mass is 220 g/mol. The first kappa shape index (κ1) is 8.29. The van der Waals surface area contributed by atoms with Crippen LogP contribution < -0.4 is 0 Å². The standard InChI is InChI=1S/C6H5BrO4/c7-3-1-2-11-5(3)4(8)6(9)10/h1-2,4,8H,(H,9,10). The molecule has 0 aliphatic carbocycles. The maximum absolute atomic E-state index is 10.2. The van der Waals surface area contributed by atoms with Gasteiger partial charge in [-0.25, -0.2) is 4.79 Å². The number of carbonyl (C=O) groups is 1. The van der Waals surface area contributed by atoms with E-state index in [2.05, 4.69) is 15.9 Å². The highest BCUT2D eigenvalue weighted by molar-refractivity contribution is 9.10. The normalized spacial score (nSPS) is 12.9. The molecular weight excluding hydrogens is 216 g/mol. The maximum atomic E-state index is 10.2. The van der Waals surface area contributed by atoms with E-state index in [1.165, 1.54) is 12.3 Å². The van der Waals surface area contributed by atoms with Gasteiger partial charge >= 0.3 is 5.97 Å². The Labute approximate surface area is 70.6 Å². The highest BCUT2D eigenvalue weighted by Crippen LogP contribution is 2.24. The lowest BCUT2D eigenvalue weighted by Crippen LogP contribution is -2.09. The predicted octanol–water partition coefficient (Wildman–Crippen LogP) is 1.16. The summed E-state index contributed by atoms with van der Waals surface area (Å²) in [6.45, 7) is 0. The van der Waals surface area contributed by atoms with Gasteiger partial charge in [0.25, 0.3) is 0 Å². The van der Waals surface area contributed by atoms with E-state index in [9.17, 15) is 4.79 Å². The molecule has 1 atom stereocenters. The molecule has 0 radical (unpaired) electrons. The molecule has 0 fully saturated rings. The predicted molar refractivity (Wildman–Crippen MR) is 39.0 cm³/mol. The van der Waals surface area contributed by atoms with E-state index < -0.39 is 12.1 Å². The number of aliphatic hydroxyl groups is 1. The van der Waals surface area contributed by atoms with Gasteiger partial charge in [-0.15, -0.1) is 0 Å². The van der Waals surface area contributed by atoms with Crippen LogP contribution in [-0.2, 0) is 4.79 Å². The van der Waals surface area contributed by atoms with Crippen LogP contribution in [0.5, 0.6) is 0 Å². The van der Waals surface area contributed by atoms with Crippen molar-refractivity contribution >= 4 is 21.9 Å². The van der Waals surface area contributed by atoms with E-state index in [0.717, 1.165) is 0 Å². The second kappa shape index (κ2) is 3.06. The summed E-state index contributed by atoms with van der Waals surface area (Å²) in [5.74, 6) is -1.32. The summed E-state index contributed by atoms with van der Waals surface area (Å²) in [4.78, 5) is 10.2. The number of halogens is 1. The van der Waals surface area contributed by atoms with Crippen LogP contribution in [0.1, 0.15) is 11.9 Å². The lowest BCUT2D eigenvalue weighted by Gasteiger charge is -2.00. The Balaban J connectivity index is 2.92. The van der Waals surface area contributed by atoms with Gasteiger partial charge in [-0.2, -0.15) is 0 Å². The average Bonchev–Trinajstić information content (AvgIpc) is 2.33. The van der Waals surface area contributed by atoms with Crippen LogP contribution in [0.2, 0.25) is 0 Å². The minimum Gasteiger partial charge on any atom is -0.479 e. The number of furan rings is 1. The molecule has 2 N–H and O–H groups in total. The van der Waals surface area contributed by atoms with Crippen molar-refractivity contribution in [3.63, 3.8) is 0 Å². The molecule has 11 heavy (non-hydrogen) atoms. The van der Waals surface area contributed by atoms with Gasteiger partial charge in [-0.3, -0.25) is 0 Å². The fourth-order valence-corrected chi connectivity index (χ4v) is 1.03. The lowest BCUT2D eigenvalue weighted by molar-refractivity contribution is -0.147. The molecule has 0 aliphatic heterocycles. The zero-order chi connectivity index (χ0) is 8.43. The molecule has 0 saturated heterocycles. The molecule has 0 aromatic carbocycles. The Morgan fingerprint density at radius 2 is 2.36 bits per heavy atom. The zero-order valence-corrected chi connectivity index (χ0v) is 6.91. The molecule has 0 aliphatic rings. The third-order valence-corrected chi connectivity index (χ3v) is 1.78. The number of rotatable bonds is 2. The van der Waals surface area contributed by atoms with Gasteiger partial charge in [-0.1, -0.05) is 0 Å². The molecule has 0 bridgehead atoms. The number of carboxylic acid groups (broad SMARTS) is 1. The van der Waals surface area contributed by atoms with Crippen molar-refractivity contribution in [3.8, 4) is 0 Å². The summed E-state index contributed by atoms with van der Waals surface area (Å²) < 4.78 is 5.16. The van der Waals surface area contributed by atoms with Gasteiger partial charge in [0.15, 0.2) is 5.76 Å². The summed E-state index contributed by atoms with van der Waals surface area (Å²) >= 11 is 3.02. The number of hydrogen-bond acceptors (Lipinski definition) is 3. The SMILES string of the molecule is O=C(O)C(O)c1occc1Br. The van der Waals surface area contributed by atoms with Crippen molar-refractivity contribution in [2.24, 2.45) is 0 Å². The van der Waals surface area contributed by atoms with Crippen LogP contribution in [0.4, 0.5) is 0 Å². The fraction of sp³-hybridized carbons (Fsp3) is 0.167. The molecule has 5 heteroatoms. The molecule has 1 aromatic heterocycles. The Morgan fingerprint density at radius 3 is 2.73 bits per heavy atom. The van der Waals surface area contributed by atoms with E-state index in [-0.39, 0.29) is 5.76 Å². The zero-order valence-electron chi connectivity index (χ0n) is 5.32. The van der Waals surface area contributed by atoms with Crippen LogP contribution >= 0.6 is 15.9 Å². The second-order valence-electron chi connectivity index (χ2n) is 1.87. The molecule has 60 valence electrons. The molecular formula is C6H5BrO4. The van der Waals surface area contributed by atoms with Gasteiger partial charge in [-0.05, 0) is 22.0 Å². The third kappa shape index (κ3) is 1.61. The summed E-state index contributed by atoms with van der Waals surface area (Å²) in [6.07, 6.45) is -0.301. The molecule has 0 saturated carbocycles. The molecule has 1 heterocycles. The van der Waals surface area contributed by atoms with E-state index in [1.54, 1.807) is 0 Å². The van der Waals surface area contributed by atoms with Crippen molar-refractivity contribution in [2.75, 3.05) is 0 Å². The number of hydrogen-bond donors (Lipinski definition) is 2. The van der Waals surface area contributed by atoms with Crippen molar-refractivity contribution < 1.29 is 19.4 Å². The molecule has 1 aromatic rings. The van der Waals surface area contributed by atoms with E-state index in [1.807, 2.05) is 0 Å². The maximum Gasteiger partial charge on any atom is 0.340 e. The highest BCUT2D eigenvalue weighted by atomic mass is 79.9. The van der Waals surface area contributed by atoms with Crippen LogP contribution in [0.15, 0.2) is 21.2 Å². The first-order chi connectivity index (χ1) is 5.13. The van der Waals surface area contributed by atoms with Crippen LogP contribution in [0.3, 0.4) is 0 Å². The van der Waals surface area contributed by atoms with E-state index >= 15 is 0 Å². The highest BCUT2D eigenvalue weighted by Gasteiger charge is 2.21. The van der Waals surface area contributed by atoms with Crippen molar-refractivity contribution in [1.82, 2.24) is 0 Å². The number of aliphatic hydroxyl groups excluding tert-OH is 1. The largest absolute Gasteiger partial charge is 0.479 e. The van der Waals surface area contributed by atoms with Gasteiger partial charge in [0.2, 0.25) is 6.10 Å².